The lowest BCUT2D eigenvalue weighted by molar-refractivity contribution is -0.123. The van der Waals surface area contributed by atoms with Gasteiger partial charge in [-0.15, -0.1) is 0 Å². The third-order valence-corrected chi connectivity index (χ3v) is 4.39. The van der Waals surface area contributed by atoms with Crippen molar-refractivity contribution in [3.63, 3.8) is 0 Å². The summed E-state index contributed by atoms with van der Waals surface area (Å²) in [6.07, 6.45) is 2.12. The Morgan fingerprint density at radius 3 is 2.70 bits per heavy atom. The van der Waals surface area contributed by atoms with Crippen molar-refractivity contribution in [1.29, 1.82) is 0 Å². The molecule has 5 nitrogen and oxygen atoms in total. The van der Waals surface area contributed by atoms with Crippen LogP contribution in [0.4, 0.5) is 9.18 Å². The molecule has 2 atom stereocenters. The minimum atomic E-state index is -0.327. The van der Waals surface area contributed by atoms with Gasteiger partial charge < -0.3 is 15.0 Å². The summed E-state index contributed by atoms with van der Waals surface area (Å²) >= 11 is 0. The van der Waals surface area contributed by atoms with Crippen LogP contribution in [0.3, 0.4) is 0 Å². The molecule has 6 heteroatoms. The number of rotatable bonds is 6. The summed E-state index contributed by atoms with van der Waals surface area (Å²) in [5, 5.41) is 2.85. The molecule has 1 N–H and O–H groups in total. The van der Waals surface area contributed by atoms with Crippen molar-refractivity contribution in [3.05, 3.63) is 35.6 Å². The third-order valence-electron chi connectivity index (χ3n) is 4.39. The van der Waals surface area contributed by atoms with Crippen LogP contribution in [0.2, 0.25) is 0 Å². The van der Waals surface area contributed by atoms with Gasteiger partial charge in [-0.2, -0.15) is 0 Å². The zero-order valence-electron chi connectivity index (χ0n) is 13.1. The van der Waals surface area contributed by atoms with E-state index >= 15 is 0 Å². The van der Waals surface area contributed by atoms with Gasteiger partial charge in [0.1, 0.15) is 11.9 Å². The van der Waals surface area contributed by atoms with Crippen molar-refractivity contribution < 1.29 is 18.7 Å². The maximum Gasteiger partial charge on any atom is 0.410 e. The first-order valence-electron chi connectivity index (χ1n) is 8.09. The second kappa shape index (κ2) is 6.56. The minimum absolute atomic E-state index is 0.125. The van der Waals surface area contributed by atoms with Crippen LogP contribution < -0.4 is 5.32 Å². The number of hydrogen-bond donors (Lipinski definition) is 1. The fraction of sp³-hybridized carbons (Fsp3) is 0.529. The standard InChI is InChI=1S/C17H21FN2O3/c1-2-15(11-3-5-12(18)6-4-11)16(21)19-9-14-10-20(13-7-8-13)17(22)23-14/h3-6,13-15H,2,7-10H2,1H3,(H,19,21). The number of carbonyl (C=O) groups excluding carboxylic acids is 2. The largest absolute Gasteiger partial charge is 0.442 e. The van der Waals surface area contributed by atoms with E-state index in [1.54, 1.807) is 17.0 Å². The van der Waals surface area contributed by atoms with Crippen molar-refractivity contribution in [2.75, 3.05) is 13.1 Å². The van der Waals surface area contributed by atoms with Gasteiger partial charge in [0, 0.05) is 6.04 Å². The second-order valence-electron chi connectivity index (χ2n) is 6.15. The predicted octanol–water partition coefficient (Wildman–Crippen LogP) is 2.42. The first kappa shape index (κ1) is 15.8. The molecular formula is C17H21FN2O3. The predicted molar refractivity (Wildman–Crippen MR) is 82.4 cm³/mol. The number of cyclic esters (lactones) is 1. The SMILES string of the molecule is CCC(C(=O)NCC1CN(C2CC2)C(=O)O1)c1ccc(F)cc1. The number of nitrogens with one attached hydrogen (secondary N) is 1. The lowest BCUT2D eigenvalue weighted by Crippen LogP contribution is -2.37. The molecule has 1 aliphatic heterocycles. The van der Waals surface area contributed by atoms with Crippen LogP contribution in [-0.2, 0) is 9.53 Å². The summed E-state index contributed by atoms with van der Waals surface area (Å²) in [5.41, 5.74) is 0.787. The van der Waals surface area contributed by atoms with Gasteiger partial charge >= 0.3 is 6.09 Å². The molecule has 1 aliphatic carbocycles. The van der Waals surface area contributed by atoms with Gasteiger partial charge in [-0.05, 0) is 37.0 Å². The topological polar surface area (TPSA) is 58.6 Å². The van der Waals surface area contributed by atoms with Crippen LogP contribution in [0.1, 0.15) is 37.7 Å². The number of hydrogen-bond acceptors (Lipinski definition) is 3. The second-order valence-corrected chi connectivity index (χ2v) is 6.15. The molecular weight excluding hydrogens is 299 g/mol. The van der Waals surface area contributed by atoms with Gasteiger partial charge in [-0.25, -0.2) is 9.18 Å². The van der Waals surface area contributed by atoms with Crippen LogP contribution in [0.25, 0.3) is 0 Å². The Kier molecular flexibility index (Phi) is 4.50. The van der Waals surface area contributed by atoms with Crippen LogP contribution in [0, 0.1) is 5.82 Å². The Labute approximate surface area is 134 Å². The Hall–Kier alpha value is -2.11. The monoisotopic (exact) mass is 320 g/mol. The van der Waals surface area contributed by atoms with E-state index in [0.717, 1.165) is 18.4 Å². The van der Waals surface area contributed by atoms with E-state index in [9.17, 15) is 14.0 Å². The first-order valence-corrected chi connectivity index (χ1v) is 8.09. The van der Waals surface area contributed by atoms with Crippen LogP contribution in [0.5, 0.6) is 0 Å². The van der Waals surface area contributed by atoms with E-state index in [1.807, 2.05) is 6.92 Å². The highest BCUT2D eigenvalue weighted by Crippen LogP contribution is 2.30. The molecule has 124 valence electrons. The molecule has 1 heterocycles. The molecule has 2 unspecified atom stereocenters. The lowest BCUT2D eigenvalue weighted by atomic mass is 9.95. The smallest absolute Gasteiger partial charge is 0.410 e. The minimum Gasteiger partial charge on any atom is -0.442 e. The fourth-order valence-electron chi connectivity index (χ4n) is 2.94. The van der Waals surface area contributed by atoms with Crippen molar-refractivity contribution in [1.82, 2.24) is 10.2 Å². The number of halogens is 1. The molecule has 1 aromatic carbocycles. The Balaban J connectivity index is 1.53. The highest BCUT2D eigenvalue weighted by atomic mass is 19.1. The number of carbonyl (C=O) groups is 2. The van der Waals surface area contributed by atoms with Gasteiger partial charge in [0.25, 0.3) is 0 Å². The lowest BCUT2D eigenvalue weighted by Gasteiger charge is -2.17. The van der Waals surface area contributed by atoms with E-state index in [0.29, 0.717) is 25.6 Å². The molecule has 0 spiro atoms. The highest BCUT2D eigenvalue weighted by Gasteiger charge is 2.41. The molecule has 2 aliphatic rings. The van der Waals surface area contributed by atoms with E-state index in [-0.39, 0.29) is 29.8 Å². The van der Waals surface area contributed by atoms with Crippen LogP contribution in [-0.4, -0.2) is 42.1 Å². The van der Waals surface area contributed by atoms with Gasteiger partial charge in [0.15, 0.2) is 0 Å². The molecule has 2 fully saturated rings. The fourth-order valence-corrected chi connectivity index (χ4v) is 2.94. The number of benzene rings is 1. The van der Waals surface area contributed by atoms with Crippen LogP contribution in [0.15, 0.2) is 24.3 Å². The summed E-state index contributed by atoms with van der Waals surface area (Å²) in [6.45, 7) is 2.76. The van der Waals surface area contributed by atoms with Gasteiger partial charge in [-0.1, -0.05) is 19.1 Å². The van der Waals surface area contributed by atoms with Crippen molar-refractivity contribution in [2.24, 2.45) is 0 Å². The summed E-state index contributed by atoms with van der Waals surface area (Å²) < 4.78 is 18.3. The zero-order chi connectivity index (χ0) is 16.4. The van der Waals surface area contributed by atoms with E-state index in [2.05, 4.69) is 5.32 Å². The van der Waals surface area contributed by atoms with Gasteiger partial charge in [0.05, 0.1) is 19.0 Å². The highest BCUT2D eigenvalue weighted by molar-refractivity contribution is 5.83. The van der Waals surface area contributed by atoms with E-state index < -0.39 is 0 Å². The molecule has 1 aromatic rings. The zero-order valence-corrected chi connectivity index (χ0v) is 13.1. The molecule has 1 saturated carbocycles. The number of nitrogens with zero attached hydrogens (tertiary/aromatic N) is 1. The van der Waals surface area contributed by atoms with Crippen molar-refractivity contribution in [2.45, 2.75) is 44.2 Å². The molecule has 1 saturated heterocycles. The maximum absolute atomic E-state index is 13.0. The molecule has 2 amide bonds. The van der Waals surface area contributed by atoms with Crippen molar-refractivity contribution >= 4 is 12.0 Å². The average Bonchev–Trinajstić information content (AvgIpc) is 3.31. The first-order chi connectivity index (χ1) is 11.1. The summed E-state index contributed by atoms with van der Waals surface area (Å²) in [5.74, 6) is -0.769. The molecule has 3 rings (SSSR count). The third kappa shape index (κ3) is 3.63. The summed E-state index contributed by atoms with van der Waals surface area (Å²) in [4.78, 5) is 25.8. The van der Waals surface area contributed by atoms with E-state index in [4.69, 9.17) is 4.74 Å². The van der Waals surface area contributed by atoms with Crippen molar-refractivity contribution in [3.8, 4) is 0 Å². The van der Waals surface area contributed by atoms with Gasteiger partial charge in [0.2, 0.25) is 5.91 Å². The molecule has 0 aromatic heterocycles. The maximum atomic E-state index is 13.0. The Morgan fingerprint density at radius 2 is 2.09 bits per heavy atom. The number of ether oxygens (including phenoxy) is 1. The molecule has 0 bridgehead atoms. The van der Waals surface area contributed by atoms with E-state index in [1.165, 1.54) is 12.1 Å². The summed E-state index contributed by atoms with van der Waals surface area (Å²) in [6, 6.07) is 6.31. The quantitative estimate of drug-likeness (QED) is 0.876. The Bertz CT molecular complexity index is 586. The summed E-state index contributed by atoms with van der Waals surface area (Å²) in [7, 11) is 0. The Morgan fingerprint density at radius 1 is 1.39 bits per heavy atom. The van der Waals surface area contributed by atoms with Crippen LogP contribution >= 0.6 is 0 Å². The average molecular weight is 320 g/mol. The normalized spacial score (nSPS) is 21.9. The number of amides is 2. The molecule has 0 radical (unpaired) electrons. The molecule has 23 heavy (non-hydrogen) atoms. The van der Waals surface area contributed by atoms with Gasteiger partial charge in [-0.3, -0.25) is 4.79 Å².